The number of benzene rings is 1. The molecule has 1 fully saturated rings. The summed E-state index contributed by atoms with van der Waals surface area (Å²) < 4.78 is 28.3. The van der Waals surface area contributed by atoms with Crippen LogP contribution in [0.25, 0.3) is 0 Å². The fourth-order valence-electron chi connectivity index (χ4n) is 2.82. The third-order valence-electron chi connectivity index (χ3n) is 3.77. The van der Waals surface area contributed by atoms with Crippen molar-refractivity contribution >= 4 is 31.6 Å². The van der Waals surface area contributed by atoms with Crippen molar-refractivity contribution in [1.82, 2.24) is 4.72 Å². The van der Waals surface area contributed by atoms with Gasteiger partial charge in [0.15, 0.2) is 0 Å². The molecule has 0 aliphatic heterocycles. The summed E-state index contributed by atoms with van der Waals surface area (Å²) in [6, 6.07) is 4.76. The predicted molar refractivity (Wildman–Crippen MR) is 84.9 cm³/mol. The van der Waals surface area contributed by atoms with Crippen LogP contribution in [0.2, 0.25) is 0 Å². The summed E-state index contributed by atoms with van der Waals surface area (Å²) in [5.41, 5.74) is 6.38. The van der Waals surface area contributed by atoms with Gasteiger partial charge in [0.25, 0.3) is 0 Å². The molecule has 0 bridgehead atoms. The molecule has 0 heterocycles. The van der Waals surface area contributed by atoms with Crippen LogP contribution in [0, 0.1) is 5.41 Å². The third kappa shape index (κ3) is 3.74. The lowest BCUT2D eigenvalue weighted by Crippen LogP contribution is -2.40. The maximum absolute atomic E-state index is 12.5. The average Bonchev–Trinajstić information content (AvgIpc) is 2.25. The number of nitrogens with one attached hydrogen (secondary N) is 1. The van der Waals surface area contributed by atoms with E-state index in [1.165, 1.54) is 6.07 Å². The maximum Gasteiger partial charge on any atom is 0.241 e. The molecule has 0 spiro atoms. The first-order valence-electron chi connectivity index (χ1n) is 6.77. The van der Waals surface area contributed by atoms with Crippen LogP contribution >= 0.6 is 15.9 Å². The van der Waals surface area contributed by atoms with Gasteiger partial charge >= 0.3 is 0 Å². The highest BCUT2D eigenvalue weighted by molar-refractivity contribution is 9.10. The van der Waals surface area contributed by atoms with E-state index < -0.39 is 10.0 Å². The molecule has 0 aromatic heterocycles. The van der Waals surface area contributed by atoms with Crippen LogP contribution < -0.4 is 10.5 Å². The Labute approximate surface area is 129 Å². The number of rotatable bonds is 3. The van der Waals surface area contributed by atoms with Crippen molar-refractivity contribution in [3.05, 3.63) is 22.7 Å². The van der Waals surface area contributed by atoms with E-state index in [1.807, 2.05) is 0 Å². The van der Waals surface area contributed by atoms with Gasteiger partial charge in [-0.15, -0.1) is 0 Å². The second-order valence-corrected chi connectivity index (χ2v) is 8.81. The second kappa shape index (κ2) is 5.66. The molecule has 1 aliphatic carbocycles. The van der Waals surface area contributed by atoms with E-state index in [4.69, 9.17) is 5.73 Å². The van der Waals surface area contributed by atoms with Crippen molar-refractivity contribution in [1.29, 1.82) is 0 Å². The molecule has 1 saturated carbocycles. The van der Waals surface area contributed by atoms with Crippen molar-refractivity contribution in [3.8, 4) is 0 Å². The number of nitrogens with two attached hydrogens (primary N) is 1. The Balaban J connectivity index is 2.19. The summed E-state index contributed by atoms with van der Waals surface area (Å²) in [5.74, 6) is 0. The summed E-state index contributed by atoms with van der Waals surface area (Å²) >= 11 is 3.27. The van der Waals surface area contributed by atoms with E-state index >= 15 is 0 Å². The Morgan fingerprint density at radius 3 is 2.70 bits per heavy atom. The van der Waals surface area contributed by atoms with Crippen molar-refractivity contribution in [3.63, 3.8) is 0 Å². The van der Waals surface area contributed by atoms with Gasteiger partial charge in [-0.05, 0) is 58.8 Å². The molecule has 0 radical (unpaired) electrons. The van der Waals surface area contributed by atoms with E-state index in [1.54, 1.807) is 12.1 Å². The predicted octanol–water partition coefficient (Wildman–Crippen LogP) is 3.28. The SMILES string of the molecule is CC1(C)CCCC(NS(=O)(=O)c2ccc(N)cc2Br)C1. The Hall–Kier alpha value is -0.590. The Morgan fingerprint density at radius 2 is 2.10 bits per heavy atom. The van der Waals surface area contributed by atoms with Crippen LogP contribution in [-0.2, 0) is 10.0 Å². The molecular weight excluding hydrogens is 340 g/mol. The quantitative estimate of drug-likeness (QED) is 0.812. The van der Waals surface area contributed by atoms with Gasteiger partial charge in [-0.25, -0.2) is 13.1 Å². The fourth-order valence-corrected chi connectivity index (χ4v) is 5.18. The summed E-state index contributed by atoms with van der Waals surface area (Å²) in [6.07, 6.45) is 3.98. The summed E-state index contributed by atoms with van der Waals surface area (Å²) in [4.78, 5) is 0.245. The number of sulfonamides is 1. The van der Waals surface area contributed by atoms with Crippen LogP contribution in [0.5, 0.6) is 0 Å². The number of nitrogen functional groups attached to an aromatic ring is 1. The molecule has 1 aliphatic rings. The Kier molecular flexibility index (Phi) is 4.47. The molecule has 1 aromatic rings. The van der Waals surface area contributed by atoms with Gasteiger partial charge in [-0.3, -0.25) is 0 Å². The highest BCUT2D eigenvalue weighted by Crippen LogP contribution is 2.36. The van der Waals surface area contributed by atoms with E-state index in [0.717, 1.165) is 25.7 Å². The van der Waals surface area contributed by atoms with Gasteiger partial charge < -0.3 is 5.73 Å². The minimum atomic E-state index is -3.51. The lowest BCUT2D eigenvalue weighted by Gasteiger charge is -2.35. The minimum Gasteiger partial charge on any atom is -0.399 e. The summed E-state index contributed by atoms with van der Waals surface area (Å²) in [7, 11) is -3.51. The summed E-state index contributed by atoms with van der Waals surface area (Å²) in [6.45, 7) is 4.37. The van der Waals surface area contributed by atoms with Gasteiger partial charge in [0.05, 0.1) is 4.90 Å². The number of hydrogen-bond donors (Lipinski definition) is 2. The number of halogens is 1. The highest BCUT2D eigenvalue weighted by atomic mass is 79.9. The fraction of sp³-hybridized carbons (Fsp3) is 0.571. The molecule has 112 valence electrons. The smallest absolute Gasteiger partial charge is 0.241 e. The molecule has 4 nitrogen and oxygen atoms in total. The Bertz CT molecular complexity index is 599. The number of hydrogen-bond acceptors (Lipinski definition) is 3. The number of anilines is 1. The normalized spacial score (nSPS) is 22.6. The molecule has 1 unspecified atom stereocenters. The van der Waals surface area contributed by atoms with E-state index in [9.17, 15) is 8.42 Å². The van der Waals surface area contributed by atoms with Gasteiger partial charge in [0.2, 0.25) is 10.0 Å². The topological polar surface area (TPSA) is 72.2 Å². The maximum atomic E-state index is 12.5. The largest absolute Gasteiger partial charge is 0.399 e. The van der Waals surface area contributed by atoms with Gasteiger partial charge in [-0.1, -0.05) is 20.3 Å². The minimum absolute atomic E-state index is 0.00760. The molecule has 3 N–H and O–H groups in total. The molecular formula is C14H21BrN2O2S. The van der Waals surface area contributed by atoms with E-state index in [2.05, 4.69) is 34.5 Å². The monoisotopic (exact) mass is 360 g/mol. The highest BCUT2D eigenvalue weighted by Gasteiger charge is 2.31. The van der Waals surface area contributed by atoms with E-state index in [0.29, 0.717) is 10.2 Å². The third-order valence-corrected chi connectivity index (χ3v) is 6.27. The molecule has 20 heavy (non-hydrogen) atoms. The van der Waals surface area contributed by atoms with Crippen LogP contribution in [0.1, 0.15) is 39.5 Å². The lowest BCUT2D eigenvalue weighted by atomic mass is 9.75. The Morgan fingerprint density at radius 1 is 1.40 bits per heavy atom. The first kappa shape index (κ1) is 15.8. The standard InChI is InChI=1S/C14H21BrN2O2S/c1-14(2)7-3-4-11(9-14)17-20(18,19)13-6-5-10(16)8-12(13)15/h5-6,8,11,17H,3-4,7,9,16H2,1-2H3. The molecule has 6 heteroatoms. The first-order chi connectivity index (χ1) is 9.20. The molecule has 1 atom stereocenters. The summed E-state index contributed by atoms with van der Waals surface area (Å²) in [5, 5.41) is 0. The van der Waals surface area contributed by atoms with E-state index in [-0.39, 0.29) is 16.4 Å². The zero-order valence-corrected chi connectivity index (χ0v) is 14.2. The zero-order chi connectivity index (χ0) is 15.0. The van der Waals surface area contributed by atoms with Crippen LogP contribution in [-0.4, -0.2) is 14.5 Å². The molecule has 0 amide bonds. The molecule has 2 rings (SSSR count). The average molecular weight is 361 g/mol. The van der Waals surface area contributed by atoms with Crippen LogP contribution in [0.15, 0.2) is 27.6 Å². The molecule has 0 saturated heterocycles. The van der Waals surface area contributed by atoms with Gasteiger partial charge in [0.1, 0.15) is 0 Å². The lowest BCUT2D eigenvalue weighted by molar-refractivity contribution is 0.212. The van der Waals surface area contributed by atoms with Gasteiger partial charge in [-0.2, -0.15) is 0 Å². The van der Waals surface area contributed by atoms with Gasteiger partial charge in [0, 0.05) is 16.2 Å². The van der Waals surface area contributed by atoms with Crippen molar-refractivity contribution in [2.45, 2.75) is 50.5 Å². The van der Waals surface area contributed by atoms with Crippen LogP contribution in [0.3, 0.4) is 0 Å². The van der Waals surface area contributed by atoms with Crippen LogP contribution in [0.4, 0.5) is 5.69 Å². The van der Waals surface area contributed by atoms with Crippen molar-refractivity contribution in [2.24, 2.45) is 5.41 Å². The van der Waals surface area contributed by atoms with Crippen molar-refractivity contribution < 1.29 is 8.42 Å². The zero-order valence-electron chi connectivity index (χ0n) is 11.8. The first-order valence-corrected chi connectivity index (χ1v) is 9.05. The van der Waals surface area contributed by atoms with Crippen molar-refractivity contribution in [2.75, 3.05) is 5.73 Å². The second-order valence-electron chi connectivity index (χ2n) is 6.27. The molecule has 1 aromatic carbocycles.